The summed E-state index contributed by atoms with van der Waals surface area (Å²) < 4.78 is 0. The second kappa shape index (κ2) is 15.0. The van der Waals surface area contributed by atoms with Gasteiger partial charge in [-0.15, -0.1) is 0 Å². The number of nitrogens with one attached hydrogen (secondary N) is 3. The number of fused-ring (bicyclic) bond motifs is 1. The molecule has 2 saturated heterocycles. The van der Waals surface area contributed by atoms with E-state index in [-0.39, 0.29) is 42.3 Å². The van der Waals surface area contributed by atoms with Crippen LogP contribution < -0.4 is 16.0 Å². The number of aryl methyl sites for hydroxylation is 1. The summed E-state index contributed by atoms with van der Waals surface area (Å²) in [5.41, 5.74) is 2.96. The van der Waals surface area contributed by atoms with Gasteiger partial charge in [-0.1, -0.05) is 91.0 Å². The highest BCUT2D eigenvalue weighted by atomic mass is 16.2. The van der Waals surface area contributed by atoms with Crippen LogP contribution in [-0.4, -0.2) is 77.7 Å². The average molecular weight is 610 g/mol. The van der Waals surface area contributed by atoms with E-state index in [4.69, 9.17) is 0 Å². The maximum atomic E-state index is 14.3. The third kappa shape index (κ3) is 7.78. The number of benzene rings is 3. The number of carbonyl (C=O) groups is 4. The van der Waals surface area contributed by atoms with Crippen molar-refractivity contribution in [1.29, 1.82) is 0 Å². The van der Waals surface area contributed by atoms with Crippen LogP contribution in [0.3, 0.4) is 0 Å². The lowest BCUT2D eigenvalue weighted by molar-refractivity contribution is -0.147. The highest BCUT2D eigenvalue weighted by Gasteiger charge is 2.45. The van der Waals surface area contributed by atoms with Crippen LogP contribution in [-0.2, 0) is 25.6 Å². The molecule has 0 saturated carbocycles. The summed E-state index contributed by atoms with van der Waals surface area (Å²) in [6.45, 7) is 2.22. The maximum Gasteiger partial charge on any atom is 0.247 e. The fourth-order valence-corrected chi connectivity index (χ4v) is 6.34. The minimum atomic E-state index is -0.968. The van der Waals surface area contributed by atoms with Gasteiger partial charge in [0.25, 0.3) is 0 Å². The Morgan fingerprint density at radius 1 is 0.844 bits per heavy atom. The molecule has 3 aromatic carbocycles. The molecule has 9 nitrogen and oxygen atoms in total. The Morgan fingerprint density at radius 3 is 2.04 bits per heavy atom. The lowest BCUT2D eigenvalue weighted by Crippen LogP contribution is -2.62. The number of hydrogen-bond acceptors (Lipinski definition) is 5. The molecule has 0 spiro atoms. The Labute approximate surface area is 265 Å². The van der Waals surface area contributed by atoms with Crippen LogP contribution in [0.15, 0.2) is 91.0 Å². The molecule has 45 heavy (non-hydrogen) atoms. The molecule has 2 aliphatic rings. The van der Waals surface area contributed by atoms with Crippen LogP contribution in [0, 0.1) is 0 Å². The van der Waals surface area contributed by atoms with Gasteiger partial charge in [0.05, 0.1) is 12.1 Å². The zero-order valence-corrected chi connectivity index (χ0v) is 26.0. The van der Waals surface area contributed by atoms with Crippen molar-refractivity contribution in [3.63, 3.8) is 0 Å². The number of rotatable bonds is 10. The van der Waals surface area contributed by atoms with Gasteiger partial charge < -0.3 is 25.8 Å². The first-order chi connectivity index (χ1) is 21.9. The van der Waals surface area contributed by atoms with Crippen molar-refractivity contribution in [2.24, 2.45) is 0 Å². The Hall–Kier alpha value is -4.50. The van der Waals surface area contributed by atoms with Crippen LogP contribution in [0.25, 0.3) is 0 Å². The van der Waals surface area contributed by atoms with Gasteiger partial charge >= 0.3 is 0 Å². The van der Waals surface area contributed by atoms with Crippen molar-refractivity contribution < 1.29 is 19.2 Å². The molecule has 0 unspecified atom stereocenters. The van der Waals surface area contributed by atoms with E-state index in [9.17, 15) is 19.2 Å². The van der Waals surface area contributed by atoms with E-state index in [1.165, 1.54) is 0 Å². The highest BCUT2D eigenvalue weighted by molar-refractivity contribution is 5.94. The molecule has 9 heteroatoms. The number of likely N-dealkylation sites (N-methyl/N-ethyl adjacent to an activating group) is 1. The van der Waals surface area contributed by atoms with Crippen molar-refractivity contribution in [3.05, 3.63) is 108 Å². The monoisotopic (exact) mass is 609 g/mol. The van der Waals surface area contributed by atoms with E-state index in [1.807, 2.05) is 91.0 Å². The van der Waals surface area contributed by atoms with Gasteiger partial charge in [0.1, 0.15) is 12.1 Å². The van der Waals surface area contributed by atoms with Gasteiger partial charge in [-0.25, -0.2) is 0 Å². The molecule has 2 fully saturated rings. The van der Waals surface area contributed by atoms with Crippen molar-refractivity contribution >= 4 is 23.6 Å². The molecular formula is C36H43N5O4. The van der Waals surface area contributed by atoms with E-state index in [2.05, 4.69) is 16.0 Å². The zero-order chi connectivity index (χ0) is 31.8. The number of carbonyl (C=O) groups excluding carboxylic acids is 4. The summed E-state index contributed by atoms with van der Waals surface area (Å²) in [6, 6.07) is 26.6. The van der Waals surface area contributed by atoms with E-state index < -0.39 is 18.1 Å². The lowest BCUT2D eigenvalue weighted by Gasteiger charge is -2.39. The lowest BCUT2D eigenvalue weighted by atomic mass is 9.98. The summed E-state index contributed by atoms with van der Waals surface area (Å²) in [6.07, 6.45) is 2.63. The molecule has 4 atom stereocenters. The SMILES string of the molecule is CN[C@@H](C)C(=O)N[C@H]1CN(C(=O)CCc2ccccc2)CC[C@H]2CC[C@@H](C(=O)NC(c3ccccc3)c3ccccc3)N2C1=O. The molecule has 0 radical (unpaired) electrons. The van der Waals surface area contributed by atoms with Crippen molar-refractivity contribution in [2.75, 3.05) is 20.1 Å². The van der Waals surface area contributed by atoms with Crippen LogP contribution in [0.2, 0.25) is 0 Å². The van der Waals surface area contributed by atoms with Crippen LogP contribution in [0.4, 0.5) is 0 Å². The molecule has 3 aromatic rings. The molecular weight excluding hydrogens is 566 g/mol. The summed E-state index contributed by atoms with van der Waals surface area (Å²) in [4.78, 5) is 58.1. The van der Waals surface area contributed by atoms with Crippen molar-refractivity contribution in [3.8, 4) is 0 Å². The molecule has 5 rings (SSSR count). The van der Waals surface area contributed by atoms with E-state index in [0.29, 0.717) is 38.6 Å². The fourth-order valence-electron chi connectivity index (χ4n) is 6.34. The fraction of sp³-hybridized carbons (Fsp3) is 0.389. The average Bonchev–Trinajstić information content (AvgIpc) is 3.50. The Balaban J connectivity index is 1.36. The highest BCUT2D eigenvalue weighted by Crippen LogP contribution is 2.31. The Morgan fingerprint density at radius 2 is 1.44 bits per heavy atom. The van der Waals surface area contributed by atoms with Gasteiger partial charge in [-0.3, -0.25) is 19.2 Å². The van der Waals surface area contributed by atoms with Crippen LogP contribution in [0.5, 0.6) is 0 Å². The number of nitrogens with zero attached hydrogens (tertiary/aromatic N) is 2. The quantitative estimate of drug-likeness (QED) is 0.327. The zero-order valence-electron chi connectivity index (χ0n) is 26.0. The smallest absolute Gasteiger partial charge is 0.247 e. The molecule has 0 aliphatic carbocycles. The largest absolute Gasteiger partial charge is 0.343 e. The second-order valence-electron chi connectivity index (χ2n) is 11.9. The standard InChI is InChI=1S/C36H43N5O4/c1-25(37-2)34(43)38-30-24-40(32(42)21-18-26-12-6-3-7-13-26)23-22-29-19-20-31(41(29)36(30)45)35(44)39-33(27-14-8-4-9-15-27)28-16-10-5-11-17-28/h3-17,25,29-31,33,37H,18-24H2,1-2H3,(H,38,43)(H,39,44)/t25-,29+,30-,31-/m0/s1. The third-order valence-electron chi connectivity index (χ3n) is 9.01. The molecule has 2 aliphatic heterocycles. The van der Waals surface area contributed by atoms with Crippen LogP contribution in [0.1, 0.15) is 55.3 Å². The Kier molecular flexibility index (Phi) is 10.6. The first-order valence-electron chi connectivity index (χ1n) is 15.9. The van der Waals surface area contributed by atoms with Gasteiger partial charge in [-0.2, -0.15) is 0 Å². The number of amides is 4. The van der Waals surface area contributed by atoms with Gasteiger partial charge in [0, 0.05) is 25.6 Å². The van der Waals surface area contributed by atoms with Gasteiger partial charge in [0.2, 0.25) is 23.6 Å². The summed E-state index contributed by atoms with van der Waals surface area (Å²) in [7, 11) is 1.68. The number of hydrogen-bond donors (Lipinski definition) is 3. The van der Waals surface area contributed by atoms with E-state index in [1.54, 1.807) is 23.8 Å². The topological polar surface area (TPSA) is 111 Å². The maximum absolute atomic E-state index is 14.3. The van der Waals surface area contributed by atoms with Crippen molar-refractivity contribution in [2.45, 2.75) is 69.2 Å². The Bertz CT molecular complexity index is 1410. The normalized spacial score (nSPS) is 20.6. The molecule has 2 heterocycles. The summed E-state index contributed by atoms with van der Waals surface area (Å²) in [5.74, 6) is -0.945. The molecule has 3 N–H and O–H groups in total. The van der Waals surface area contributed by atoms with E-state index in [0.717, 1.165) is 16.7 Å². The second-order valence-corrected chi connectivity index (χ2v) is 11.9. The molecule has 0 bridgehead atoms. The predicted octanol–water partition coefficient (Wildman–Crippen LogP) is 3.21. The predicted molar refractivity (Wildman–Crippen MR) is 173 cm³/mol. The minimum absolute atomic E-state index is 0.0538. The molecule has 0 aromatic heterocycles. The first-order valence-corrected chi connectivity index (χ1v) is 15.9. The van der Waals surface area contributed by atoms with Gasteiger partial charge in [0.15, 0.2) is 0 Å². The summed E-state index contributed by atoms with van der Waals surface area (Å²) >= 11 is 0. The molecule has 4 amide bonds. The first kappa shape index (κ1) is 31.9. The van der Waals surface area contributed by atoms with E-state index >= 15 is 0 Å². The third-order valence-corrected chi connectivity index (χ3v) is 9.01. The summed E-state index contributed by atoms with van der Waals surface area (Å²) in [5, 5.41) is 9.03. The van der Waals surface area contributed by atoms with Crippen LogP contribution >= 0.6 is 0 Å². The minimum Gasteiger partial charge on any atom is -0.343 e. The van der Waals surface area contributed by atoms with Crippen molar-refractivity contribution in [1.82, 2.24) is 25.8 Å². The van der Waals surface area contributed by atoms with Gasteiger partial charge in [-0.05, 0) is 56.3 Å². The molecule has 236 valence electrons.